The van der Waals surface area contributed by atoms with E-state index in [2.05, 4.69) is 16.9 Å². The number of nitriles is 3. The SMILES string of the molecule is CC.CC.CC.CC.N#Cc1cccc(N)c1.N#Cc1cccc(NC(=O)[O-])c1.N#Cc1cccc([N+](=O)[O-])c1.NCc1cccc(NC(=O)[O-])c1.O=C([O-])Cl.[Rb+].[Rb+].[Rb+]. The Morgan fingerprint density at radius 2 is 0.966 bits per heavy atom. The molecule has 0 radical (unpaired) electrons. The molecule has 2 amide bonds. The summed E-state index contributed by atoms with van der Waals surface area (Å²) in [7, 11) is 0. The van der Waals surface area contributed by atoms with E-state index in [0.29, 0.717) is 40.3 Å². The number of nitrogens with zero attached hydrogens (tertiary/aromatic N) is 4. The van der Waals surface area contributed by atoms with Gasteiger partial charge in [0.25, 0.3) is 5.69 Å². The summed E-state index contributed by atoms with van der Waals surface area (Å²) < 4.78 is 0. The molecule has 0 saturated heterocycles. The maximum atomic E-state index is 10.2. The Morgan fingerprint density at radius 1 is 0.627 bits per heavy atom. The predicted octanol–water partition coefficient (Wildman–Crippen LogP) is -2.49. The molecular weight excluding hydrogens is 1000 g/mol. The number of hydrogen-bond donors (Lipinski definition) is 4. The van der Waals surface area contributed by atoms with Crippen molar-refractivity contribution in [3.8, 4) is 18.2 Å². The third kappa shape index (κ3) is 48.8. The van der Waals surface area contributed by atoms with Gasteiger partial charge in [0.05, 0.1) is 39.8 Å². The molecule has 0 bridgehead atoms. The second-order valence-corrected chi connectivity index (χ2v) is 8.62. The molecular formula is C39H48ClN8O8Rb3. The number of nitrogen functional groups attached to an aromatic ring is 1. The number of carbonyl (C=O) groups is 3. The molecule has 20 heteroatoms. The van der Waals surface area contributed by atoms with Crippen LogP contribution >= 0.6 is 11.6 Å². The van der Waals surface area contributed by atoms with Gasteiger partial charge in [-0.3, -0.25) is 10.1 Å². The molecule has 4 aromatic carbocycles. The van der Waals surface area contributed by atoms with Gasteiger partial charge in [-0.15, -0.1) is 0 Å². The van der Waals surface area contributed by atoms with Crippen LogP contribution in [0, 0.1) is 44.1 Å². The van der Waals surface area contributed by atoms with Gasteiger partial charge in [0.2, 0.25) is 0 Å². The van der Waals surface area contributed by atoms with Gasteiger partial charge >= 0.3 is 175 Å². The number of carboxylic acid groups (broad SMARTS) is 3. The maximum absolute atomic E-state index is 10.2. The molecule has 0 aliphatic carbocycles. The first-order chi connectivity index (χ1) is 26.7. The van der Waals surface area contributed by atoms with E-state index >= 15 is 0 Å². The Kier molecular flexibility index (Phi) is 68.6. The van der Waals surface area contributed by atoms with Crippen LogP contribution in [0.5, 0.6) is 0 Å². The standard InChI is InChI=1S/C8H10N2O2.C8H6N2O2.C7H4N2O2.C7H6N2.4C2H6.CHClO2.3Rb/c2*9-5-6-2-1-3-7(4-6)10-8(11)12;8-5-6-2-1-3-7(4-6)9(10)11;8-5-6-2-1-3-7(9)4-6;4*1-2;2-1(3)4;;;/h1-4,10H,5,9H2,(H,11,12);1-4,10H,(H,11,12);1-4H;1-4H,9H2;4*1-2H3;(H,3,4);;;/q;;;;;;;;;3*+1/p-3. The van der Waals surface area contributed by atoms with Gasteiger partial charge in [-0.1, -0.05) is 97.3 Å². The largest absolute Gasteiger partial charge is 1.00 e. The molecule has 16 nitrogen and oxygen atoms in total. The molecule has 0 aliphatic heterocycles. The third-order valence-electron chi connectivity index (χ3n) is 4.85. The van der Waals surface area contributed by atoms with Gasteiger partial charge in [-0.2, -0.15) is 15.8 Å². The number of carbonyl (C=O) groups excluding carboxylic acids is 3. The third-order valence-corrected chi connectivity index (χ3v) is 4.85. The zero-order valence-corrected chi connectivity index (χ0v) is 51.0. The van der Waals surface area contributed by atoms with E-state index in [4.69, 9.17) is 37.2 Å². The monoisotopic (exact) mass is 1050 g/mol. The van der Waals surface area contributed by atoms with Crippen LogP contribution in [0.15, 0.2) is 97.1 Å². The van der Waals surface area contributed by atoms with Crippen LogP contribution in [-0.4, -0.2) is 22.5 Å². The molecule has 0 spiro atoms. The van der Waals surface area contributed by atoms with E-state index in [1.54, 1.807) is 54.6 Å². The molecule has 0 fully saturated rings. The van der Waals surface area contributed by atoms with Crippen LogP contribution < -0.4 is 212 Å². The summed E-state index contributed by atoms with van der Waals surface area (Å²) in [5.74, 6) is 0. The molecule has 0 atom stereocenters. The summed E-state index contributed by atoms with van der Waals surface area (Å²) in [6.45, 7) is 16.4. The van der Waals surface area contributed by atoms with Gasteiger partial charge in [-0.05, 0) is 60.2 Å². The van der Waals surface area contributed by atoms with E-state index in [9.17, 15) is 29.9 Å². The number of anilines is 3. The molecule has 0 unspecified atom stereocenters. The number of nitro groups is 1. The minimum Gasteiger partial charge on any atom is -0.534 e. The van der Waals surface area contributed by atoms with Crippen molar-refractivity contribution in [1.82, 2.24) is 0 Å². The number of hydrogen-bond acceptors (Lipinski definition) is 13. The number of nitrogens with two attached hydrogens (primary N) is 2. The number of amides is 2. The van der Waals surface area contributed by atoms with Crippen molar-refractivity contribution >= 4 is 52.0 Å². The summed E-state index contributed by atoms with van der Waals surface area (Å²) in [6, 6.07) is 31.1. The van der Waals surface area contributed by atoms with Gasteiger partial charge in [-0.25, -0.2) is 0 Å². The number of nitro benzene ring substituents is 1. The molecule has 0 heterocycles. The molecule has 4 rings (SSSR count). The normalized spacial score (nSPS) is 7.37. The Bertz CT molecular complexity index is 1830. The number of rotatable bonds is 4. The zero-order valence-electron chi connectivity index (χ0n) is 35.5. The number of non-ortho nitro benzene ring substituents is 1. The van der Waals surface area contributed by atoms with Crippen LogP contribution in [0.1, 0.15) is 77.6 Å². The topological polar surface area (TPSA) is 311 Å². The zero-order chi connectivity index (χ0) is 44.5. The van der Waals surface area contributed by atoms with Gasteiger partial charge < -0.3 is 51.8 Å². The summed E-state index contributed by atoms with van der Waals surface area (Å²) in [5.41, 5.74) is 12.7. The molecule has 0 aliphatic rings. The van der Waals surface area contributed by atoms with Gasteiger partial charge in [0.1, 0.15) is 17.6 Å². The van der Waals surface area contributed by atoms with Crippen molar-refractivity contribution < 1.29 is 209 Å². The summed E-state index contributed by atoms with van der Waals surface area (Å²) in [6.07, 6.45) is -2.70. The van der Waals surface area contributed by atoms with Crippen LogP contribution in [0.25, 0.3) is 0 Å². The van der Waals surface area contributed by atoms with Crippen molar-refractivity contribution in [2.24, 2.45) is 5.73 Å². The van der Waals surface area contributed by atoms with Crippen LogP contribution in [0.4, 0.5) is 37.1 Å². The minimum atomic E-state index is -1.61. The molecule has 0 aromatic heterocycles. The number of halogens is 1. The van der Waals surface area contributed by atoms with Crippen LogP contribution in [0.2, 0.25) is 0 Å². The Hall–Kier alpha value is -1.77. The van der Waals surface area contributed by atoms with Crippen molar-refractivity contribution in [3.05, 3.63) is 129 Å². The van der Waals surface area contributed by atoms with Crippen LogP contribution in [-0.2, 0) is 6.54 Å². The van der Waals surface area contributed by atoms with E-state index in [0.717, 1.165) is 5.56 Å². The van der Waals surface area contributed by atoms with Crippen molar-refractivity contribution in [3.63, 3.8) is 0 Å². The minimum absolute atomic E-state index is 0. The Balaban J connectivity index is -0.0000000888. The average Bonchev–Trinajstić information content (AvgIpc) is 3.21. The second kappa shape index (κ2) is 54.2. The van der Waals surface area contributed by atoms with Gasteiger partial charge in [0.15, 0.2) is 0 Å². The molecule has 59 heavy (non-hydrogen) atoms. The fourth-order valence-corrected chi connectivity index (χ4v) is 2.98. The smallest absolute Gasteiger partial charge is 0.534 e. The average molecular weight is 1050 g/mol. The second-order valence-electron chi connectivity index (χ2n) is 8.32. The van der Waals surface area contributed by atoms with Crippen molar-refractivity contribution in [2.45, 2.75) is 61.9 Å². The van der Waals surface area contributed by atoms with E-state index in [-0.39, 0.29) is 180 Å². The van der Waals surface area contributed by atoms with Gasteiger partial charge in [0, 0.05) is 35.7 Å². The summed E-state index contributed by atoms with van der Waals surface area (Å²) in [5, 5.41) is 68.3. The molecule has 302 valence electrons. The van der Waals surface area contributed by atoms with Crippen molar-refractivity contribution in [2.75, 3.05) is 16.4 Å². The number of nitrogens with one attached hydrogen (secondary N) is 2. The molecule has 0 saturated carbocycles. The predicted molar refractivity (Wildman–Crippen MR) is 214 cm³/mol. The Morgan fingerprint density at radius 3 is 1.31 bits per heavy atom. The first-order valence-corrected chi connectivity index (χ1v) is 17.1. The van der Waals surface area contributed by atoms with E-state index in [1.165, 1.54) is 36.4 Å². The first-order valence-electron chi connectivity index (χ1n) is 16.8. The first kappa shape index (κ1) is 74.7. The molecule has 6 N–H and O–H groups in total. The summed E-state index contributed by atoms with van der Waals surface area (Å²) >= 11 is 4.08. The van der Waals surface area contributed by atoms with Crippen LogP contribution in [0.3, 0.4) is 0 Å². The van der Waals surface area contributed by atoms with E-state index in [1.807, 2.05) is 85.0 Å². The maximum Gasteiger partial charge on any atom is 1.00 e. The summed E-state index contributed by atoms with van der Waals surface area (Å²) in [4.78, 5) is 38.5. The fraction of sp³-hybridized carbons (Fsp3) is 0.231. The quantitative estimate of drug-likeness (QED) is 0.0713. The number of benzene rings is 4. The fourth-order valence-electron chi connectivity index (χ4n) is 2.98. The molecule has 4 aromatic rings. The Labute approximate surface area is 499 Å². The van der Waals surface area contributed by atoms with E-state index < -0.39 is 22.5 Å². The van der Waals surface area contributed by atoms with Crippen molar-refractivity contribution in [1.29, 1.82) is 15.8 Å².